The zero-order chi connectivity index (χ0) is 17.1. The molecule has 3 rings (SSSR count). The van der Waals surface area contributed by atoms with Crippen molar-refractivity contribution in [1.29, 1.82) is 0 Å². The Hall–Kier alpha value is -3.35. The number of nitrogens with zero attached hydrogens (tertiary/aromatic N) is 1. The van der Waals surface area contributed by atoms with E-state index in [9.17, 15) is 9.59 Å². The summed E-state index contributed by atoms with van der Waals surface area (Å²) in [6, 6.07) is 11.8. The molecule has 3 aromatic rings. The minimum absolute atomic E-state index is 0.112. The number of carboxylic acid groups (broad SMARTS) is 1. The maximum absolute atomic E-state index is 12.2. The van der Waals surface area contributed by atoms with Crippen LogP contribution in [0.2, 0.25) is 0 Å². The number of fused-ring (bicyclic) bond motifs is 1. The van der Waals surface area contributed by atoms with Crippen LogP contribution in [-0.2, 0) is 6.42 Å². The Bertz CT molecular complexity index is 965. The van der Waals surface area contributed by atoms with Crippen molar-refractivity contribution in [2.24, 2.45) is 0 Å². The summed E-state index contributed by atoms with van der Waals surface area (Å²) >= 11 is 0. The third kappa shape index (κ3) is 3.35. The molecule has 0 fully saturated rings. The van der Waals surface area contributed by atoms with Crippen LogP contribution in [0.25, 0.3) is 10.9 Å². The SMILES string of the molecule is COc1cccc(Cc2nc3cc(OC(=O)O)ccc3c(=O)[nH]2)c1. The van der Waals surface area contributed by atoms with Gasteiger partial charge in [-0.1, -0.05) is 12.1 Å². The molecule has 0 saturated heterocycles. The first-order chi connectivity index (χ1) is 11.5. The van der Waals surface area contributed by atoms with E-state index in [1.54, 1.807) is 7.11 Å². The van der Waals surface area contributed by atoms with Gasteiger partial charge < -0.3 is 19.6 Å². The minimum atomic E-state index is -1.42. The van der Waals surface area contributed by atoms with E-state index < -0.39 is 6.16 Å². The molecule has 2 N–H and O–H groups in total. The lowest BCUT2D eigenvalue weighted by molar-refractivity contribution is 0.144. The Balaban J connectivity index is 1.98. The van der Waals surface area contributed by atoms with E-state index >= 15 is 0 Å². The van der Waals surface area contributed by atoms with Crippen molar-refractivity contribution in [2.75, 3.05) is 7.11 Å². The number of carbonyl (C=O) groups is 1. The zero-order valence-corrected chi connectivity index (χ0v) is 12.8. The van der Waals surface area contributed by atoms with E-state index in [-0.39, 0.29) is 11.3 Å². The third-order valence-corrected chi connectivity index (χ3v) is 3.44. The van der Waals surface area contributed by atoms with Crippen molar-refractivity contribution in [2.45, 2.75) is 6.42 Å². The molecule has 0 atom stereocenters. The second-order valence-electron chi connectivity index (χ2n) is 5.09. The molecule has 0 unspecified atom stereocenters. The quantitative estimate of drug-likeness (QED) is 0.564. The summed E-state index contributed by atoms with van der Waals surface area (Å²) < 4.78 is 9.77. The van der Waals surface area contributed by atoms with Crippen LogP contribution in [0.5, 0.6) is 11.5 Å². The second-order valence-corrected chi connectivity index (χ2v) is 5.09. The van der Waals surface area contributed by atoms with Gasteiger partial charge in [0.05, 0.1) is 18.0 Å². The second kappa shape index (κ2) is 6.41. The fraction of sp³-hybridized carbons (Fsp3) is 0.118. The topological polar surface area (TPSA) is 102 Å². The first kappa shape index (κ1) is 15.5. The molecular weight excluding hydrogens is 312 g/mol. The molecule has 0 radical (unpaired) electrons. The van der Waals surface area contributed by atoms with Crippen molar-refractivity contribution < 1.29 is 19.4 Å². The van der Waals surface area contributed by atoms with Gasteiger partial charge in [-0.3, -0.25) is 4.79 Å². The standard InChI is InChI=1S/C17H14N2O5/c1-23-11-4-2-3-10(7-11)8-15-18-14-9-12(24-17(21)22)5-6-13(14)16(20)19-15/h2-7,9H,8H2,1H3,(H,21,22)(H,18,19,20). The van der Waals surface area contributed by atoms with Crippen molar-refractivity contribution in [3.63, 3.8) is 0 Å². The van der Waals surface area contributed by atoms with Gasteiger partial charge in [-0.05, 0) is 29.8 Å². The highest BCUT2D eigenvalue weighted by atomic mass is 16.7. The number of H-pyrrole nitrogens is 1. The number of methoxy groups -OCH3 is 1. The molecule has 24 heavy (non-hydrogen) atoms. The average molecular weight is 326 g/mol. The first-order valence-corrected chi connectivity index (χ1v) is 7.12. The van der Waals surface area contributed by atoms with Gasteiger partial charge in [-0.25, -0.2) is 9.78 Å². The number of benzene rings is 2. The molecule has 0 spiro atoms. The van der Waals surface area contributed by atoms with Crippen LogP contribution in [0.1, 0.15) is 11.4 Å². The van der Waals surface area contributed by atoms with Gasteiger partial charge in [0.1, 0.15) is 17.3 Å². The molecule has 7 nitrogen and oxygen atoms in total. The van der Waals surface area contributed by atoms with Gasteiger partial charge in [0.2, 0.25) is 0 Å². The summed E-state index contributed by atoms with van der Waals surface area (Å²) in [7, 11) is 1.58. The van der Waals surface area contributed by atoms with Gasteiger partial charge in [0.25, 0.3) is 5.56 Å². The first-order valence-electron chi connectivity index (χ1n) is 7.12. The summed E-state index contributed by atoms with van der Waals surface area (Å²) in [5.74, 6) is 1.29. The number of hydrogen-bond acceptors (Lipinski definition) is 5. The number of aromatic amines is 1. The Labute approximate surface area is 136 Å². The van der Waals surface area contributed by atoms with Gasteiger partial charge in [0.15, 0.2) is 0 Å². The Morgan fingerprint density at radius 3 is 2.79 bits per heavy atom. The molecule has 0 aliphatic heterocycles. The van der Waals surface area contributed by atoms with E-state index in [0.717, 1.165) is 5.56 Å². The fourth-order valence-electron chi connectivity index (χ4n) is 2.39. The summed E-state index contributed by atoms with van der Waals surface area (Å²) in [5, 5.41) is 9.03. The maximum Gasteiger partial charge on any atom is 0.511 e. The monoisotopic (exact) mass is 326 g/mol. The number of hydrogen-bond donors (Lipinski definition) is 2. The average Bonchev–Trinajstić information content (AvgIpc) is 2.54. The minimum Gasteiger partial charge on any atom is -0.497 e. The highest BCUT2D eigenvalue weighted by Gasteiger charge is 2.08. The summed E-state index contributed by atoms with van der Waals surface area (Å²) in [6.45, 7) is 0. The summed E-state index contributed by atoms with van der Waals surface area (Å²) in [6.07, 6.45) is -1.01. The van der Waals surface area contributed by atoms with Gasteiger partial charge in [0, 0.05) is 12.5 Å². The zero-order valence-electron chi connectivity index (χ0n) is 12.8. The molecule has 0 bridgehead atoms. The lowest BCUT2D eigenvalue weighted by atomic mass is 10.1. The molecule has 2 aromatic carbocycles. The van der Waals surface area contributed by atoms with Crippen LogP contribution in [0.3, 0.4) is 0 Å². The molecule has 0 amide bonds. The molecule has 0 aliphatic carbocycles. The van der Waals surface area contributed by atoms with Crippen LogP contribution in [-0.4, -0.2) is 28.3 Å². The van der Waals surface area contributed by atoms with E-state index in [4.69, 9.17) is 9.84 Å². The van der Waals surface area contributed by atoms with Crippen LogP contribution in [0.4, 0.5) is 4.79 Å². The fourth-order valence-corrected chi connectivity index (χ4v) is 2.39. The van der Waals surface area contributed by atoms with E-state index in [2.05, 4.69) is 14.7 Å². The van der Waals surface area contributed by atoms with E-state index in [0.29, 0.717) is 28.9 Å². The third-order valence-electron chi connectivity index (χ3n) is 3.44. The highest BCUT2D eigenvalue weighted by molar-refractivity contribution is 5.79. The molecule has 7 heteroatoms. The van der Waals surface area contributed by atoms with Crippen LogP contribution in [0, 0.1) is 0 Å². The Morgan fingerprint density at radius 2 is 2.04 bits per heavy atom. The van der Waals surface area contributed by atoms with Crippen molar-refractivity contribution in [3.8, 4) is 11.5 Å². The van der Waals surface area contributed by atoms with Gasteiger partial charge >= 0.3 is 6.16 Å². The molecule has 1 aromatic heterocycles. The van der Waals surface area contributed by atoms with Crippen LogP contribution >= 0.6 is 0 Å². The van der Waals surface area contributed by atoms with Gasteiger partial charge in [-0.2, -0.15) is 0 Å². The smallest absolute Gasteiger partial charge is 0.497 e. The van der Waals surface area contributed by atoms with E-state index in [1.165, 1.54) is 18.2 Å². The predicted octanol–water partition coefficient (Wildman–Crippen LogP) is 2.58. The molecule has 122 valence electrons. The highest BCUT2D eigenvalue weighted by Crippen LogP contribution is 2.19. The Morgan fingerprint density at radius 1 is 1.21 bits per heavy atom. The number of nitrogens with one attached hydrogen (secondary N) is 1. The van der Waals surface area contributed by atoms with E-state index in [1.807, 2.05) is 24.3 Å². The normalized spacial score (nSPS) is 10.5. The van der Waals surface area contributed by atoms with Crippen LogP contribution < -0.4 is 15.0 Å². The molecule has 0 aliphatic rings. The Kier molecular flexibility index (Phi) is 4.15. The largest absolute Gasteiger partial charge is 0.511 e. The number of rotatable bonds is 4. The van der Waals surface area contributed by atoms with Crippen molar-refractivity contribution >= 4 is 17.1 Å². The van der Waals surface area contributed by atoms with Crippen molar-refractivity contribution in [3.05, 3.63) is 64.2 Å². The summed E-state index contributed by atoms with van der Waals surface area (Å²) in [4.78, 5) is 29.9. The number of aromatic nitrogens is 2. The van der Waals surface area contributed by atoms with Crippen LogP contribution in [0.15, 0.2) is 47.3 Å². The lowest BCUT2D eigenvalue weighted by Gasteiger charge is -2.06. The summed E-state index contributed by atoms with van der Waals surface area (Å²) in [5.41, 5.74) is 1.00. The molecular formula is C17H14N2O5. The predicted molar refractivity (Wildman–Crippen MR) is 86.8 cm³/mol. The van der Waals surface area contributed by atoms with Crippen molar-refractivity contribution in [1.82, 2.24) is 9.97 Å². The lowest BCUT2D eigenvalue weighted by Crippen LogP contribution is -2.12. The maximum atomic E-state index is 12.2. The van der Waals surface area contributed by atoms with Gasteiger partial charge in [-0.15, -0.1) is 0 Å². The molecule has 0 saturated carbocycles. The molecule has 1 heterocycles. The number of ether oxygens (including phenoxy) is 2.